The first-order valence-electron chi connectivity index (χ1n) is 4.79. The molecule has 1 aromatic rings. The highest BCUT2D eigenvalue weighted by atomic mass is 35.5. The molecule has 0 aliphatic rings. The Labute approximate surface area is 100 Å². The van der Waals surface area contributed by atoms with Crippen molar-refractivity contribution in [2.24, 2.45) is 0 Å². The predicted octanol–water partition coefficient (Wildman–Crippen LogP) is 3.64. The topological polar surface area (TPSA) is 17.1 Å². The van der Waals surface area contributed by atoms with Gasteiger partial charge in [0.15, 0.2) is 5.78 Å². The van der Waals surface area contributed by atoms with E-state index in [1.807, 2.05) is 32.9 Å². The number of halogens is 2. The number of carbonyl (C=O) groups is 1. The molecule has 1 aromatic carbocycles. The molecular formula is C12H14Cl2O. The molecule has 1 rings (SSSR count). The molecule has 0 aliphatic heterocycles. The van der Waals surface area contributed by atoms with Crippen molar-refractivity contribution in [3.63, 3.8) is 0 Å². The minimum atomic E-state index is -0.633. The van der Waals surface area contributed by atoms with Gasteiger partial charge in [0.1, 0.15) is 5.38 Å². The van der Waals surface area contributed by atoms with Crippen molar-refractivity contribution in [3.8, 4) is 0 Å². The molecule has 0 saturated heterocycles. The van der Waals surface area contributed by atoms with E-state index in [0.717, 1.165) is 16.7 Å². The largest absolute Gasteiger partial charge is 0.292 e. The second kappa shape index (κ2) is 5.00. The number of Topliss-reactive ketones (excluding diaryl/α,β-unsaturated/α-hetero) is 1. The summed E-state index contributed by atoms with van der Waals surface area (Å²) in [6.45, 7) is 5.85. The smallest absolute Gasteiger partial charge is 0.182 e. The molecule has 1 atom stereocenters. The molecule has 0 bridgehead atoms. The zero-order valence-corrected chi connectivity index (χ0v) is 10.6. The van der Waals surface area contributed by atoms with E-state index < -0.39 is 5.38 Å². The molecule has 0 saturated carbocycles. The molecule has 1 nitrogen and oxygen atoms in total. The van der Waals surface area contributed by atoms with Crippen molar-refractivity contribution in [1.29, 1.82) is 0 Å². The van der Waals surface area contributed by atoms with Crippen LogP contribution in [0.25, 0.3) is 0 Å². The lowest BCUT2D eigenvalue weighted by atomic mass is 9.95. The molecule has 1 unspecified atom stereocenters. The maximum atomic E-state index is 11.9. The summed E-state index contributed by atoms with van der Waals surface area (Å²) in [6, 6.07) is 3.97. The number of aryl methyl sites for hydroxylation is 3. The van der Waals surface area contributed by atoms with Crippen molar-refractivity contribution in [2.75, 3.05) is 5.88 Å². The predicted molar refractivity (Wildman–Crippen MR) is 65.3 cm³/mol. The summed E-state index contributed by atoms with van der Waals surface area (Å²) in [5, 5.41) is -0.633. The van der Waals surface area contributed by atoms with E-state index in [0.29, 0.717) is 5.56 Å². The third kappa shape index (κ3) is 2.73. The molecule has 0 heterocycles. The van der Waals surface area contributed by atoms with Crippen molar-refractivity contribution in [2.45, 2.75) is 26.1 Å². The van der Waals surface area contributed by atoms with Crippen LogP contribution in [-0.4, -0.2) is 17.0 Å². The average molecular weight is 245 g/mol. The van der Waals surface area contributed by atoms with Crippen LogP contribution >= 0.6 is 23.2 Å². The van der Waals surface area contributed by atoms with Gasteiger partial charge in [0.2, 0.25) is 0 Å². The van der Waals surface area contributed by atoms with Gasteiger partial charge >= 0.3 is 0 Å². The Kier molecular flexibility index (Phi) is 4.18. The molecule has 0 amide bonds. The van der Waals surface area contributed by atoms with Crippen molar-refractivity contribution >= 4 is 29.0 Å². The fraction of sp³-hybridized carbons (Fsp3) is 0.417. The Bertz CT molecular complexity index is 362. The molecule has 15 heavy (non-hydrogen) atoms. The summed E-state index contributed by atoms with van der Waals surface area (Å²) in [6.07, 6.45) is 0. The van der Waals surface area contributed by atoms with Gasteiger partial charge in [0, 0.05) is 11.4 Å². The van der Waals surface area contributed by atoms with Crippen LogP contribution in [-0.2, 0) is 0 Å². The summed E-state index contributed by atoms with van der Waals surface area (Å²) in [7, 11) is 0. The van der Waals surface area contributed by atoms with Gasteiger partial charge in [-0.1, -0.05) is 17.7 Å². The van der Waals surface area contributed by atoms with E-state index in [1.54, 1.807) is 0 Å². The van der Waals surface area contributed by atoms with Crippen LogP contribution in [0.5, 0.6) is 0 Å². The van der Waals surface area contributed by atoms with Gasteiger partial charge in [-0.15, -0.1) is 23.2 Å². The first-order chi connectivity index (χ1) is 6.97. The summed E-state index contributed by atoms with van der Waals surface area (Å²) in [5.41, 5.74) is 3.79. The van der Waals surface area contributed by atoms with Crippen LogP contribution in [0.2, 0.25) is 0 Å². The first kappa shape index (κ1) is 12.5. The van der Waals surface area contributed by atoms with Gasteiger partial charge < -0.3 is 0 Å². The van der Waals surface area contributed by atoms with Gasteiger partial charge in [-0.3, -0.25) is 4.79 Å². The van der Waals surface area contributed by atoms with Gasteiger partial charge in [0.05, 0.1) is 0 Å². The van der Waals surface area contributed by atoms with Crippen molar-refractivity contribution in [3.05, 3.63) is 34.4 Å². The summed E-state index contributed by atoms with van der Waals surface area (Å²) >= 11 is 11.4. The third-order valence-corrected chi connectivity index (χ3v) is 3.16. The quantitative estimate of drug-likeness (QED) is 0.587. The fourth-order valence-electron chi connectivity index (χ4n) is 1.80. The molecule has 0 fully saturated rings. The van der Waals surface area contributed by atoms with Gasteiger partial charge in [-0.2, -0.15) is 0 Å². The Morgan fingerprint density at radius 1 is 1.27 bits per heavy atom. The highest BCUT2D eigenvalue weighted by Gasteiger charge is 2.20. The number of ketones is 1. The third-order valence-electron chi connectivity index (χ3n) is 2.34. The van der Waals surface area contributed by atoms with E-state index >= 15 is 0 Å². The van der Waals surface area contributed by atoms with Gasteiger partial charge in [-0.05, 0) is 31.9 Å². The van der Waals surface area contributed by atoms with Gasteiger partial charge in [0.25, 0.3) is 0 Å². The number of benzene rings is 1. The lowest BCUT2D eigenvalue weighted by Crippen LogP contribution is -2.18. The van der Waals surface area contributed by atoms with E-state index in [-0.39, 0.29) is 11.7 Å². The van der Waals surface area contributed by atoms with E-state index in [4.69, 9.17) is 23.2 Å². The molecule has 3 heteroatoms. The van der Waals surface area contributed by atoms with Crippen LogP contribution in [0.4, 0.5) is 0 Å². The Morgan fingerprint density at radius 2 is 1.73 bits per heavy atom. The monoisotopic (exact) mass is 244 g/mol. The molecule has 0 aliphatic carbocycles. The molecule has 0 N–H and O–H groups in total. The second-order valence-electron chi connectivity index (χ2n) is 3.76. The first-order valence-corrected chi connectivity index (χ1v) is 5.76. The average Bonchev–Trinajstić information content (AvgIpc) is 2.14. The molecule has 82 valence electrons. The summed E-state index contributed by atoms with van der Waals surface area (Å²) in [5.74, 6) is 0.0642. The number of carbonyl (C=O) groups excluding carboxylic acids is 1. The van der Waals surface area contributed by atoms with Crippen LogP contribution < -0.4 is 0 Å². The van der Waals surface area contributed by atoms with Crippen molar-refractivity contribution < 1.29 is 4.79 Å². The fourth-order valence-corrected chi connectivity index (χ4v) is 2.04. The van der Waals surface area contributed by atoms with E-state index in [1.165, 1.54) is 0 Å². The van der Waals surface area contributed by atoms with Crippen LogP contribution in [0, 0.1) is 20.8 Å². The van der Waals surface area contributed by atoms with Crippen LogP contribution in [0.3, 0.4) is 0 Å². The summed E-state index contributed by atoms with van der Waals surface area (Å²) in [4.78, 5) is 11.9. The molecular weight excluding hydrogens is 231 g/mol. The zero-order valence-electron chi connectivity index (χ0n) is 9.10. The normalized spacial score (nSPS) is 12.6. The number of rotatable bonds is 3. The zero-order chi connectivity index (χ0) is 11.6. The lowest BCUT2D eigenvalue weighted by molar-refractivity contribution is 0.0991. The Balaban J connectivity index is 3.20. The number of hydrogen-bond donors (Lipinski definition) is 0. The van der Waals surface area contributed by atoms with Crippen LogP contribution in [0.15, 0.2) is 12.1 Å². The van der Waals surface area contributed by atoms with Crippen LogP contribution in [0.1, 0.15) is 27.0 Å². The highest BCUT2D eigenvalue weighted by Crippen LogP contribution is 2.20. The van der Waals surface area contributed by atoms with Gasteiger partial charge in [-0.25, -0.2) is 0 Å². The molecule has 0 radical (unpaired) electrons. The number of alkyl halides is 2. The highest BCUT2D eigenvalue weighted by molar-refractivity contribution is 6.38. The molecule has 0 aromatic heterocycles. The lowest BCUT2D eigenvalue weighted by Gasteiger charge is -2.12. The Hall–Kier alpha value is -0.530. The minimum absolute atomic E-state index is 0.0818. The second-order valence-corrected chi connectivity index (χ2v) is 4.60. The van der Waals surface area contributed by atoms with Crippen molar-refractivity contribution in [1.82, 2.24) is 0 Å². The maximum Gasteiger partial charge on any atom is 0.182 e. The standard InChI is InChI=1S/C12H14Cl2O/c1-7-4-8(2)11(9(3)5-7)12(15)10(14)6-13/h4-5,10H,6H2,1-3H3. The van der Waals surface area contributed by atoms with E-state index in [9.17, 15) is 4.79 Å². The Morgan fingerprint density at radius 3 is 2.13 bits per heavy atom. The molecule has 0 spiro atoms. The SMILES string of the molecule is Cc1cc(C)c(C(=O)C(Cl)CCl)c(C)c1. The summed E-state index contributed by atoms with van der Waals surface area (Å²) < 4.78 is 0. The van der Waals surface area contributed by atoms with E-state index in [2.05, 4.69) is 0 Å². The number of hydrogen-bond acceptors (Lipinski definition) is 1. The minimum Gasteiger partial charge on any atom is -0.292 e. The maximum absolute atomic E-state index is 11.9.